The molecule has 0 saturated heterocycles. The molecule has 1 aliphatic heterocycles. The predicted molar refractivity (Wildman–Crippen MR) is 152 cm³/mol. The van der Waals surface area contributed by atoms with Crippen molar-refractivity contribution in [3.05, 3.63) is 107 Å². The molecule has 40 heavy (non-hydrogen) atoms. The van der Waals surface area contributed by atoms with E-state index in [0.29, 0.717) is 35.9 Å². The van der Waals surface area contributed by atoms with Crippen LogP contribution in [0.2, 0.25) is 5.02 Å². The summed E-state index contributed by atoms with van der Waals surface area (Å²) in [4.78, 5) is 18.4. The smallest absolute Gasteiger partial charge is 0.260 e. The quantitative estimate of drug-likeness (QED) is 0.219. The molecular weight excluding hydrogens is 530 g/mol. The van der Waals surface area contributed by atoms with Crippen LogP contribution in [0.1, 0.15) is 22.9 Å². The Morgan fingerprint density at radius 2 is 1.88 bits per heavy atom. The number of anilines is 2. The van der Waals surface area contributed by atoms with Gasteiger partial charge in [-0.15, -0.1) is 5.10 Å². The molecule has 0 bridgehead atoms. The fourth-order valence-corrected chi connectivity index (χ4v) is 4.81. The Kier molecular flexibility index (Phi) is 7.28. The number of aliphatic hydroxyl groups is 1. The van der Waals surface area contributed by atoms with E-state index >= 15 is 0 Å². The minimum atomic E-state index is -1.11. The van der Waals surface area contributed by atoms with Crippen LogP contribution < -0.4 is 20.5 Å². The number of hydrogen-bond acceptors (Lipinski definition) is 8. The van der Waals surface area contributed by atoms with Gasteiger partial charge >= 0.3 is 0 Å². The van der Waals surface area contributed by atoms with Crippen molar-refractivity contribution >= 4 is 39.8 Å². The van der Waals surface area contributed by atoms with E-state index in [1.165, 1.54) is 0 Å². The topological polar surface area (TPSA) is 117 Å². The number of halogens is 1. The van der Waals surface area contributed by atoms with Gasteiger partial charge in [0.25, 0.3) is 5.91 Å². The van der Waals surface area contributed by atoms with Crippen LogP contribution in [0.25, 0.3) is 10.9 Å². The van der Waals surface area contributed by atoms with E-state index in [4.69, 9.17) is 16.3 Å². The molecule has 0 aliphatic carbocycles. The Morgan fingerprint density at radius 3 is 2.75 bits per heavy atom. The molecule has 10 nitrogen and oxygen atoms in total. The van der Waals surface area contributed by atoms with Crippen molar-refractivity contribution in [1.29, 1.82) is 0 Å². The standard InChI is InChI=1S/C29H26ClN7O3/c30-20-7-10-23-25(11-12-31-26(23)15-20)34-32-16-19-5-8-22(9-6-19)40-18-21-17-36(35-33-21)13-14-37-27-4-2-1-3-24(27)28(38)29(37)39/h1-12,15,17,28,32,38H,13-14,16,18H2,(H,31,34). The van der Waals surface area contributed by atoms with Crippen molar-refractivity contribution in [2.45, 2.75) is 25.8 Å². The first-order valence-corrected chi connectivity index (χ1v) is 13.2. The van der Waals surface area contributed by atoms with Gasteiger partial charge in [0, 0.05) is 35.3 Å². The molecule has 3 aromatic carbocycles. The Bertz CT molecular complexity index is 1660. The lowest BCUT2D eigenvalue weighted by molar-refractivity contribution is -0.125. The van der Waals surface area contributed by atoms with E-state index in [-0.39, 0.29) is 12.5 Å². The summed E-state index contributed by atoms with van der Waals surface area (Å²) in [6, 6.07) is 22.6. The summed E-state index contributed by atoms with van der Waals surface area (Å²) in [5.74, 6) is 0.395. The molecule has 1 atom stereocenters. The molecule has 1 amide bonds. The molecule has 0 spiro atoms. The SMILES string of the molecule is O=C1C(O)c2ccccc2N1CCn1cc(COc2ccc(CNNc3ccnc4cc(Cl)ccc34)cc2)nn1. The second kappa shape index (κ2) is 11.3. The van der Waals surface area contributed by atoms with Crippen LogP contribution in [-0.4, -0.2) is 37.5 Å². The first-order chi connectivity index (χ1) is 19.5. The van der Waals surface area contributed by atoms with Gasteiger partial charge in [-0.05, 0) is 48.0 Å². The number of ether oxygens (including phenoxy) is 1. The minimum Gasteiger partial charge on any atom is -0.487 e. The molecule has 6 rings (SSSR count). The molecule has 0 fully saturated rings. The zero-order valence-electron chi connectivity index (χ0n) is 21.4. The summed E-state index contributed by atoms with van der Waals surface area (Å²) in [6.45, 7) is 1.70. The van der Waals surface area contributed by atoms with E-state index in [0.717, 1.165) is 33.6 Å². The Morgan fingerprint density at radius 1 is 1.02 bits per heavy atom. The number of fused-ring (bicyclic) bond motifs is 2. The Labute approximate surface area is 235 Å². The van der Waals surface area contributed by atoms with Crippen molar-refractivity contribution in [3.63, 3.8) is 0 Å². The van der Waals surface area contributed by atoms with Gasteiger partial charge in [-0.2, -0.15) is 0 Å². The number of aliphatic hydroxyl groups excluding tert-OH is 1. The van der Waals surface area contributed by atoms with Gasteiger partial charge < -0.3 is 20.2 Å². The predicted octanol–water partition coefficient (Wildman–Crippen LogP) is 4.26. The lowest BCUT2D eigenvalue weighted by Crippen LogP contribution is -2.32. The van der Waals surface area contributed by atoms with E-state index in [1.54, 1.807) is 28.0 Å². The first kappa shape index (κ1) is 25.8. The second-order valence-electron chi connectivity index (χ2n) is 9.36. The monoisotopic (exact) mass is 555 g/mol. The highest BCUT2D eigenvalue weighted by Crippen LogP contribution is 2.35. The molecule has 0 radical (unpaired) electrons. The summed E-state index contributed by atoms with van der Waals surface area (Å²) in [5, 5.41) is 20.1. The lowest BCUT2D eigenvalue weighted by Gasteiger charge is -2.16. The number of para-hydroxylation sites is 1. The maximum Gasteiger partial charge on any atom is 0.260 e. The Hall–Kier alpha value is -4.51. The molecule has 2 aromatic heterocycles. The zero-order chi connectivity index (χ0) is 27.5. The average Bonchev–Trinajstić information content (AvgIpc) is 3.53. The van der Waals surface area contributed by atoms with E-state index in [2.05, 4.69) is 26.1 Å². The number of aromatic nitrogens is 4. The van der Waals surface area contributed by atoms with Crippen LogP contribution in [0.5, 0.6) is 5.75 Å². The Balaban J connectivity index is 0.975. The third-order valence-corrected chi connectivity index (χ3v) is 6.93. The lowest BCUT2D eigenvalue weighted by atomic mass is 10.1. The number of carbonyl (C=O) groups excluding carboxylic acids is 1. The van der Waals surface area contributed by atoms with Crippen molar-refractivity contribution in [2.75, 3.05) is 16.9 Å². The summed E-state index contributed by atoms with van der Waals surface area (Å²) in [5.41, 5.74) is 11.3. The molecule has 0 saturated carbocycles. The fraction of sp³-hybridized carbons (Fsp3) is 0.172. The average molecular weight is 556 g/mol. The van der Waals surface area contributed by atoms with Crippen molar-refractivity contribution in [3.8, 4) is 5.75 Å². The number of amides is 1. The zero-order valence-corrected chi connectivity index (χ0v) is 22.1. The van der Waals surface area contributed by atoms with Gasteiger partial charge in [-0.1, -0.05) is 47.1 Å². The number of hydrogen-bond donors (Lipinski definition) is 3. The van der Waals surface area contributed by atoms with Crippen LogP contribution in [0.4, 0.5) is 11.4 Å². The van der Waals surface area contributed by atoms with Crippen LogP contribution >= 0.6 is 11.6 Å². The second-order valence-corrected chi connectivity index (χ2v) is 9.79. The highest BCUT2D eigenvalue weighted by atomic mass is 35.5. The van der Waals surface area contributed by atoms with E-state index < -0.39 is 6.10 Å². The molecule has 3 N–H and O–H groups in total. The summed E-state index contributed by atoms with van der Waals surface area (Å²) >= 11 is 6.07. The molecule has 5 aromatic rings. The minimum absolute atomic E-state index is 0.266. The van der Waals surface area contributed by atoms with Gasteiger partial charge in [-0.3, -0.25) is 14.5 Å². The number of pyridine rings is 1. The van der Waals surface area contributed by atoms with Crippen molar-refractivity contribution in [1.82, 2.24) is 25.4 Å². The van der Waals surface area contributed by atoms with Crippen LogP contribution in [0, 0.1) is 0 Å². The summed E-state index contributed by atoms with van der Waals surface area (Å²) in [7, 11) is 0. The highest BCUT2D eigenvalue weighted by molar-refractivity contribution is 6.31. The number of nitrogens with zero attached hydrogens (tertiary/aromatic N) is 5. The van der Waals surface area contributed by atoms with E-state index in [9.17, 15) is 9.90 Å². The first-order valence-electron chi connectivity index (χ1n) is 12.8. The molecule has 202 valence electrons. The largest absolute Gasteiger partial charge is 0.487 e. The van der Waals surface area contributed by atoms with Crippen LogP contribution in [0.3, 0.4) is 0 Å². The molecule has 1 aliphatic rings. The van der Waals surface area contributed by atoms with Gasteiger partial charge in [0.2, 0.25) is 0 Å². The molecule has 1 unspecified atom stereocenters. The third kappa shape index (κ3) is 5.46. The van der Waals surface area contributed by atoms with Gasteiger partial charge in [0.15, 0.2) is 6.10 Å². The highest BCUT2D eigenvalue weighted by Gasteiger charge is 2.35. The third-order valence-electron chi connectivity index (χ3n) is 6.69. The molecule has 11 heteroatoms. The molecule has 3 heterocycles. The summed E-state index contributed by atoms with van der Waals surface area (Å²) < 4.78 is 7.55. The number of nitrogens with one attached hydrogen (secondary N) is 2. The number of benzene rings is 3. The number of carbonyl (C=O) groups is 1. The maximum atomic E-state index is 12.4. The van der Waals surface area contributed by atoms with Crippen LogP contribution in [0.15, 0.2) is 85.2 Å². The fourth-order valence-electron chi connectivity index (χ4n) is 4.64. The van der Waals surface area contributed by atoms with Gasteiger partial charge in [0.1, 0.15) is 18.1 Å². The normalized spacial score (nSPS) is 14.5. The van der Waals surface area contributed by atoms with E-state index in [1.807, 2.05) is 66.7 Å². The molecular formula is C29H26ClN7O3. The van der Waals surface area contributed by atoms with Crippen molar-refractivity contribution < 1.29 is 14.6 Å². The van der Waals surface area contributed by atoms with Gasteiger partial charge in [0.05, 0.1) is 29.6 Å². The van der Waals surface area contributed by atoms with Crippen molar-refractivity contribution in [2.24, 2.45) is 0 Å². The number of rotatable bonds is 10. The maximum absolute atomic E-state index is 12.4. The summed E-state index contributed by atoms with van der Waals surface area (Å²) in [6.07, 6.45) is 2.42. The van der Waals surface area contributed by atoms with Gasteiger partial charge in [-0.25, -0.2) is 5.43 Å². The number of hydrazine groups is 1. The van der Waals surface area contributed by atoms with Crippen LogP contribution in [-0.2, 0) is 24.5 Å².